The number of rotatable bonds is 4. The number of methoxy groups -OCH3 is 1. The predicted molar refractivity (Wildman–Crippen MR) is 81.5 cm³/mol. The maximum atomic E-state index is 12.0. The van der Waals surface area contributed by atoms with Gasteiger partial charge in [-0.15, -0.1) is 0 Å². The van der Waals surface area contributed by atoms with E-state index >= 15 is 0 Å². The van der Waals surface area contributed by atoms with Gasteiger partial charge in [-0.05, 0) is 25.0 Å². The molecule has 7 nitrogen and oxygen atoms in total. The van der Waals surface area contributed by atoms with Crippen LogP contribution in [-0.2, 0) is 0 Å². The molecule has 1 saturated carbocycles. The van der Waals surface area contributed by atoms with E-state index in [-0.39, 0.29) is 11.6 Å². The van der Waals surface area contributed by atoms with Gasteiger partial charge in [0.25, 0.3) is 5.56 Å². The van der Waals surface area contributed by atoms with Crippen LogP contribution in [0.1, 0.15) is 18.4 Å². The van der Waals surface area contributed by atoms with Crippen LogP contribution in [0, 0.1) is 0 Å². The standard InChI is InChI=1S/C15H15N3O4/c1-22-11-4-2-3-10(7-11)18-14(20)12(8-16-9-5-6-9)13(19)17-15(18)21/h2-4,7-9,20H,5-6H2,1H3,(H,17,19,21). The largest absolute Gasteiger partial charge is 0.497 e. The number of aromatic amines is 1. The molecule has 0 amide bonds. The number of aromatic hydroxyl groups is 1. The molecule has 0 unspecified atom stereocenters. The number of aromatic nitrogens is 2. The van der Waals surface area contributed by atoms with Gasteiger partial charge in [-0.2, -0.15) is 0 Å². The first kappa shape index (κ1) is 14.1. The van der Waals surface area contributed by atoms with Gasteiger partial charge in [0.1, 0.15) is 11.3 Å². The van der Waals surface area contributed by atoms with Gasteiger partial charge in [-0.1, -0.05) is 6.07 Å². The summed E-state index contributed by atoms with van der Waals surface area (Å²) in [6.45, 7) is 0. The minimum absolute atomic E-state index is 0.0330. The molecule has 1 aromatic carbocycles. The highest BCUT2D eigenvalue weighted by molar-refractivity contribution is 5.82. The smallest absolute Gasteiger partial charge is 0.335 e. The fourth-order valence-electron chi connectivity index (χ4n) is 2.05. The summed E-state index contributed by atoms with van der Waals surface area (Å²) in [5, 5.41) is 10.3. The molecule has 0 radical (unpaired) electrons. The third-order valence-electron chi connectivity index (χ3n) is 3.39. The molecule has 0 aliphatic heterocycles. The lowest BCUT2D eigenvalue weighted by Gasteiger charge is -2.10. The number of nitrogens with zero attached hydrogens (tertiary/aromatic N) is 2. The first-order valence-corrected chi connectivity index (χ1v) is 6.86. The van der Waals surface area contributed by atoms with E-state index in [2.05, 4.69) is 9.98 Å². The molecule has 1 aliphatic carbocycles. The minimum Gasteiger partial charge on any atom is -0.497 e. The Balaban J connectivity index is 2.16. The molecule has 7 heteroatoms. The number of benzene rings is 1. The summed E-state index contributed by atoms with van der Waals surface area (Å²) in [4.78, 5) is 30.3. The second-order valence-corrected chi connectivity index (χ2v) is 5.04. The Morgan fingerprint density at radius 2 is 2.18 bits per heavy atom. The van der Waals surface area contributed by atoms with Crippen molar-refractivity contribution in [2.75, 3.05) is 7.11 Å². The van der Waals surface area contributed by atoms with E-state index in [0.29, 0.717) is 11.4 Å². The van der Waals surface area contributed by atoms with E-state index in [9.17, 15) is 14.7 Å². The monoisotopic (exact) mass is 301 g/mol. The van der Waals surface area contributed by atoms with Crippen molar-refractivity contribution in [3.8, 4) is 17.3 Å². The van der Waals surface area contributed by atoms with Crippen LogP contribution in [0.15, 0.2) is 38.8 Å². The Hall–Kier alpha value is -2.83. The fourth-order valence-corrected chi connectivity index (χ4v) is 2.05. The van der Waals surface area contributed by atoms with Crippen LogP contribution in [0.5, 0.6) is 11.6 Å². The van der Waals surface area contributed by atoms with Crippen LogP contribution in [-0.4, -0.2) is 34.0 Å². The molecule has 114 valence electrons. The molecule has 2 N–H and O–H groups in total. The molecule has 2 aromatic rings. The Bertz CT molecular complexity index is 847. The van der Waals surface area contributed by atoms with E-state index in [1.807, 2.05) is 0 Å². The van der Waals surface area contributed by atoms with E-state index in [4.69, 9.17) is 4.74 Å². The molecule has 1 heterocycles. The zero-order chi connectivity index (χ0) is 15.7. The Labute approximate surface area is 125 Å². The summed E-state index contributed by atoms with van der Waals surface area (Å²) in [6, 6.07) is 6.82. The lowest BCUT2D eigenvalue weighted by molar-refractivity contribution is 0.412. The average molecular weight is 301 g/mol. The molecule has 1 aliphatic rings. The zero-order valence-corrected chi connectivity index (χ0v) is 11.9. The molecule has 0 atom stereocenters. The van der Waals surface area contributed by atoms with Gasteiger partial charge >= 0.3 is 5.69 Å². The van der Waals surface area contributed by atoms with Crippen molar-refractivity contribution in [2.45, 2.75) is 18.9 Å². The maximum Gasteiger partial charge on any atom is 0.335 e. The van der Waals surface area contributed by atoms with Crippen LogP contribution in [0.4, 0.5) is 0 Å². The predicted octanol–water partition coefficient (Wildman–Crippen LogP) is 0.821. The van der Waals surface area contributed by atoms with Crippen molar-refractivity contribution in [1.29, 1.82) is 0 Å². The molecule has 22 heavy (non-hydrogen) atoms. The molecular weight excluding hydrogens is 286 g/mol. The van der Waals surface area contributed by atoms with E-state index < -0.39 is 17.1 Å². The van der Waals surface area contributed by atoms with Crippen LogP contribution in [0.25, 0.3) is 5.69 Å². The van der Waals surface area contributed by atoms with Crippen molar-refractivity contribution >= 4 is 6.21 Å². The minimum atomic E-state index is -0.723. The van der Waals surface area contributed by atoms with Crippen LogP contribution in [0.2, 0.25) is 0 Å². The maximum absolute atomic E-state index is 12.0. The molecule has 1 aromatic heterocycles. The highest BCUT2D eigenvalue weighted by Gasteiger charge is 2.20. The van der Waals surface area contributed by atoms with E-state index in [0.717, 1.165) is 17.4 Å². The first-order chi connectivity index (χ1) is 10.6. The van der Waals surface area contributed by atoms with Gasteiger partial charge in [0.05, 0.1) is 18.8 Å². The third kappa shape index (κ3) is 2.65. The number of ether oxygens (including phenoxy) is 1. The van der Waals surface area contributed by atoms with Gasteiger partial charge in [0.2, 0.25) is 5.88 Å². The zero-order valence-electron chi connectivity index (χ0n) is 11.9. The van der Waals surface area contributed by atoms with Gasteiger partial charge in [0, 0.05) is 12.3 Å². The van der Waals surface area contributed by atoms with Crippen LogP contribution >= 0.6 is 0 Å². The normalized spacial score (nSPS) is 14.4. The van der Waals surface area contributed by atoms with Crippen molar-refractivity contribution in [3.05, 3.63) is 50.7 Å². The lowest BCUT2D eigenvalue weighted by Crippen LogP contribution is -2.31. The Kier molecular flexibility index (Phi) is 3.54. The first-order valence-electron chi connectivity index (χ1n) is 6.86. The second-order valence-electron chi connectivity index (χ2n) is 5.04. The average Bonchev–Trinajstić information content (AvgIpc) is 3.31. The Morgan fingerprint density at radius 3 is 2.86 bits per heavy atom. The summed E-state index contributed by atoms with van der Waals surface area (Å²) in [5.41, 5.74) is -1.03. The SMILES string of the molecule is COc1cccc(-n2c(O)c(C=NC3CC3)c(=O)[nH]c2=O)c1. The molecular formula is C15H15N3O4. The third-order valence-corrected chi connectivity index (χ3v) is 3.39. The number of hydrogen-bond acceptors (Lipinski definition) is 5. The summed E-state index contributed by atoms with van der Waals surface area (Å²) >= 11 is 0. The van der Waals surface area contributed by atoms with Gasteiger partial charge in [-0.25, -0.2) is 9.36 Å². The van der Waals surface area contributed by atoms with Gasteiger partial charge < -0.3 is 9.84 Å². The number of nitrogens with one attached hydrogen (secondary N) is 1. The highest BCUT2D eigenvalue weighted by atomic mass is 16.5. The molecule has 0 spiro atoms. The van der Waals surface area contributed by atoms with Crippen molar-refractivity contribution < 1.29 is 9.84 Å². The summed E-state index contributed by atoms with van der Waals surface area (Å²) in [6.07, 6.45) is 3.28. The van der Waals surface area contributed by atoms with Crippen molar-refractivity contribution in [2.24, 2.45) is 4.99 Å². The second kappa shape index (κ2) is 5.51. The molecule has 3 rings (SSSR count). The van der Waals surface area contributed by atoms with Crippen molar-refractivity contribution in [3.63, 3.8) is 0 Å². The lowest BCUT2D eigenvalue weighted by atomic mass is 10.2. The number of hydrogen-bond donors (Lipinski definition) is 2. The van der Waals surface area contributed by atoms with Gasteiger partial charge in [-0.3, -0.25) is 14.8 Å². The quantitative estimate of drug-likeness (QED) is 0.817. The van der Waals surface area contributed by atoms with E-state index in [1.165, 1.54) is 13.3 Å². The van der Waals surface area contributed by atoms with Crippen molar-refractivity contribution in [1.82, 2.24) is 9.55 Å². The van der Waals surface area contributed by atoms with Crippen LogP contribution < -0.4 is 16.0 Å². The molecule has 1 fully saturated rings. The summed E-state index contributed by atoms with van der Waals surface area (Å²) < 4.78 is 6.11. The van der Waals surface area contributed by atoms with E-state index in [1.54, 1.807) is 24.3 Å². The molecule has 0 saturated heterocycles. The fraction of sp³-hybridized carbons (Fsp3) is 0.267. The summed E-state index contributed by atoms with van der Waals surface area (Å²) in [5.74, 6) is 0.0922. The number of aliphatic imine (C=N–C) groups is 1. The highest BCUT2D eigenvalue weighted by Crippen LogP contribution is 2.24. The molecule has 0 bridgehead atoms. The number of H-pyrrole nitrogens is 1. The van der Waals surface area contributed by atoms with Gasteiger partial charge in [0.15, 0.2) is 0 Å². The Morgan fingerprint density at radius 1 is 1.41 bits per heavy atom. The van der Waals surface area contributed by atoms with Crippen LogP contribution in [0.3, 0.4) is 0 Å². The topological polar surface area (TPSA) is 96.7 Å². The summed E-state index contributed by atoms with van der Waals surface area (Å²) in [7, 11) is 1.50.